The highest BCUT2D eigenvalue weighted by molar-refractivity contribution is 5.87. The predicted molar refractivity (Wildman–Crippen MR) is 70.4 cm³/mol. The first-order valence-corrected chi connectivity index (χ1v) is 5.61. The van der Waals surface area contributed by atoms with Crippen molar-refractivity contribution in [3.63, 3.8) is 0 Å². The fourth-order valence-corrected chi connectivity index (χ4v) is 1.49. The lowest BCUT2D eigenvalue weighted by Crippen LogP contribution is -1.93. The first-order chi connectivity index (χ1) is 9.06. The van der Waals surface area contributed by atoms with Crippen molar-refractivity contribution in [1.29, 1.82) is 0 Å². The van der Waals surface area contributed by atoms with Gasteiger partial charge in [0.25, 0.3) is 0 Å². The van der Waals surface area contributed by atoms with Gasteiger partial charge in [0, 0.05) is 0 Å². The van der Waals surface area contributed by atoms with Gasteiger partial charge in [0.2, 0.25) is 0 Å². The van der Waals surface area contributed by atoms with Crippen molar-refractivity contribution < 1.29 is 15.0 Å². The van der Waals surface area contributed by atoms with Crippen LogP contribution in [0.25, 0.3) is 0 Å². The maximum Gasteiger partial charge on any atom is 0.335 e. The second kappa shape index (κ2) is 5.30. The van der Waals surface area contributed by atoms with E-state index in [4.69, 9.17) is 5.11 Å². The number of carboxylic acids is 1. The van der Waals surface area contributed by atoms with Gasteiger partial charge in [0.1, 0.15) is 5.75 Å². The Labute approximate surface area is 109 Å². The lowest BCUT2D eigenvalue weighted by Gasteiger charge is -1.99. The fraction of sp³-hybridized carbons (Fsp3) is 0.0714. The van der Waals surface area contributed by atoms with Crippen LogP contribution in [0.15, 0.2) is 52.7 Å². The van der Waals surface area contributed by atoms with Crippen molar-refractivity contribution in [2.75, 3.05) is 0 Å². The van der Waals surface area contributed by atoms with Crippen molar-refractivity contribution in [3.05, 3.63) is 53.6 Å². The van der Waals surface area contributed by atoms with Crippen molar-refractivity contribution in [2.24, 2.45) is 10.2 Å². The molecule has 0 unspecified atom stereocenters. The summed E-state index contributed by atoms with van der Waals surface area (Å²) < 4.78 is 0. The Morgan fingerprint density at radius 1 is 1.00 bits per heavy atom. The van der Waals surface area contributed by atoms with Gasteiger partial charge >= 0.3 is 5.97 Å². The van der Waals surface area contributed by atoms with Crippen LogP contribution in [0.2, 0.25) is 0 Å². The predicted octanol–water partition coefficient (Wildman–Crippen LogP) is 3.81. The first kappa shape index (κ1) is 12.8. The Morgan fingerprint density at radius 2 is 1.58 bits per heavy atom. The van der Waals surface area contributed by atoms with E-state index < -0.39 is 5.97 Å². The zero-order valence-corrected chi connectivity index (χ0v) is 10.2. The van der Waals surface area contributed by atoms with Gasteiger partial charge in [0.05, 0.1) is 16.9 Å². The summed E-state index contributed by atoms with van der Waals surface area (Å²) in [5.74, 6) is -0.762. The minimum Gasteiger partial charge on any atom is -0.508 e. The molecule has 0 radical (unpaired) electrons. The lowest BCUT2D eigenvalue weighted by atomic mass is 10.2. The van der Waals surface area contributed by atoms with Crippen molar-refractivity contribution in [3.8, 4) is 5.75 Å². The third kappa shape index (κ3) is 3.16. The molecule has 0 saturated carbocycles. The van der Waals surface area contributed by atoms with Crippen molar-refractivity contribution in [1.82, 2.24) is 0 Å². The smallest absolute Gasteiger partial charge is 0.335 e. The fourth-order valence-electron chi connectivity index (χ4n) is 1.49. The quantitative estimate of drug-likeness (QED) is 0.819. The van der Waals surface area contributed by atoms with Gasteiger partial charge in [-0.15, -0.1) is 0 Å². The zero-order valence-electron chi connectivity index (χ0n) is 10.2. The Balaban J connectivity index is 2.17. The third-order valence-corrected chi connectivity index (χ3v) is 2.58. The van der Waals surface area contributed by atoms with E-state index in [1.165, 1.54) is 12.1 Å². The number of aryl methyl sites for hydroxylation is 1. The van der Waals surface area contributed by atoms with Crippen LogP contribution in [-0.4, -0.2) is 16.2 Å². The number of azo groups is 1. The van der Waals surface area contributed by atoms with E-state index in [1.807, 2.05) is 0 Å². The van der Waals surface area contributed by atoms with Crippen LogP contribution < -0.4 is 0 Å². The molecule has 0 heterocycles. The molecule has 0 fully saturated rings. The van der Waals surface area contributed by atoms with Gasteiger partial charge in [-0.05, 0) is 55.0 Å². The van der Waals surface area contributed by atoms with Gasteiger partial charge in [-0.3, -0.25) is 0 Å². The number of carbonyl (C=O) groups is 1. The maximum absolute atomic E-state index is 10.7. The molecule has 5 heteroatoms. The molecular formula is C14H12N2O3. The third-order valence-electron chi connectivity index (χ3n) is 2.58. The van der Waals surface area contributed by atoms with E-state index in [1.54, 1.807) is 37.3 Å². The van der Waals surface area contributed by atoms with Crippen LogP contribution in [0.1, 0.15) is 15.9 Å². The first-order valence-electron chi connectivity index (χ1n) is 5.61. The van der Waals surface area contributed by atoms with Crippen LogP contribution in [-0.2, 0) is 0 Å². The van der Waals surface area contributed by atoms with Crippen LogP contribution in [0, 0.1) is 6.92 Å². The normalized spacial score (nSPS) is 10.8. The summed E-state index contributed by atoms with van der Waals surface area (Å²) in [6, 6.07) is 11.0. The molecule has 19 heavy (non-hydrogen) atoms. The molecule has 0 aliphatic rings. The summed E-state index contributed by atoms with van der Waals surface area (Å²) in [7, 11) is 0. The number of phenolic OH excluding ortho intramolecular Hbond substituents is 1. The van der Waals surface area contributed by atoms with E-state index in [2.05, 4.69) is 10.2 Å². The molecule has 0 aliphatic carbocycles. The number of aromatic hydroxyl groups is 1. The van der Waals surface area contributed by atoms with Crippen LogP contribution >= 0.6 is 0 Å². The number of hydrogen-bond donors (Lipinski definition) is 2. The zero-order chi connectivity index (χ0) is 13.8. The van der Waals surface area contributed by atoms with E-state index >= 15 is 0 Å². The van der Waals surface area contributed by atoms with E-state index in [-0.39, 0.29) is 11.3 Å². The molecule has 0 aliphatic heterocycles. The number of benzene rings is 2. The summed E-state index contributed by atoms with van der Waals surface area (Å²) in [4.78, 5) is 10.7. The van der Waals surface area contributed by atoms with Crippen LogP contribution in [0.3, 0.4) is 0 Å². The monoisotopic (exact) mass is 256 g/mol. The molecule has 5 nitrogen and oxygen atoms in total. The molecule has 2 N–H and O–H groups in total. The van der Waals surface area contributed by atoms with Gasteiger partial charge < -0.3 is 10.2 Å². The number of nitrogens with zero attached hydrogens (tertiary/aromatic N) is 2. The topological polar surface area (TPSA) is 82.2 Å². The largest absolute Gasteiger partial charge is 0.508 e. The highest BCUT2D eigenvalue weighted by Crippen LogP contribution is 2.24. The Bertz CT molecular complexity index is 634. The minimum absolute atomic E-state index is 0.208. The number of hydrogen-bond acceptors (Lipinski definition) is 4. The second-order valence-electron chi connectivity index (χ2n) is 4.02. The van der Waals surface area contributed by atoms with Crippen LogP contribution in [0.4, 0.5) is 11.4 Å². The lowest BCUT2D eigenvalue weighted by molar-refractivity contribution is 0.0697. The van der Waals surface area contributed by atoms with Gasteiger partial charge in [-0.25, -0.2) is 4.79 Å². The summed E-state index contributed by atoms with van der Waals surface area (Å²) in [5.41, 5.74) is 2.12. The highest BCUT2D eigenvalue weighted by Gasteiger charge is 2.01. The summed E-state index contributed by atoms with van der Waals surface area (Å²) >= 11 is 0. The molecule has 0 atom stereocenters. The average Bonchev–Trinajstić information content (AvgIpc) is 2.40. The number of phenols is 1. The van der Waals surface area contributed by atoms with Gasteiger partial charge in [-0.2, -0.15) is 10.2 Å². The van der Waals surface area contributed by atoms with Crippen molar-refractivity contribution in [2.45, 2.75) is 6.92 Å². The molecule has 0 aromatic heterocycles. The number of rotatable bonds is 3. The molecule has 0 bridgehead atoms. The molecule has 2 aromatic rings. The average molecular weight is 256 g/mol. The summed E-state index contributed by atoms with van der Waals surface area (Å²) in [6.45, 7) is 1.77. The second-order valence-corrected chi connectivity index (χ2v) is 4.02. The Hall–Kier alpha value is -2.69. The summed E-state index contributed by atoms with van der Waals surface area (Å²) in [6.07, 6.45) is 0. The number of aromatic carboxylic acids is 1. The van der Waals surface area contributed by atoms with Gasteiger partial charge in [0.15, 0.2) is 0 Å². The Kier molecular flexibility index (Phi) is 3.56. The van der Waals surface area contributed by atoms with Crippen LogP contribution in [0.5, 0.6) is 5.75 Å². The van der Waals surface area contributed by atoms with Crippen molar-refractivity contribution >= 4 is 17.3 Å². The number of carboxylic acid groups (broad SMARTS) is 1. The molecular weight excluding hydrogens is 244 g/mol. The standard InChI is InChI=1S/C14H12N2O3/c1-9-8-12(6-7-13(9)17)16-15-11-4-2-10(3-5-11)14(18)19/h2-8,17H,1H3,(H,18,19). The summed E-state index contributed by atoms with van der Waals surface area (Å²) in [5, 5.41) is 26.2. The van der Waals surface area contributed by atoms with E-state index in [0.717, 1.165) is 5.56 Å². The molecule has 0 saturated heterocycles. The molecule has 96 valence electrons. The van der Waals surface area contributed by atoms with E-state index in [9.17, 15) is 9.90 Å². The molecule has 2 aromatic carbocycles. The SMILES string of the molecule is Cc1cc(N=Nc2ccc(C(=O)O)cc2)ccc1O. The van der Waals surface area contributed by atoms with Gasteiger partial charge in [-0.1, -0.05) is 0 Å². The maximum atomic E-state index is 10.7. The molecule has 0 spiro atoms. The van der Waals surface area contributed by atoms with E-state index in [0.29, 0.717) is 11.4 Å². The highest BCUT2D eigenvalue weighted by atomic mass is 16.4. The molecule has 2 rings (SSSR count). The Morgan fingerprint density at radius 3 is 2.16 bits per heavy atom. The molecule has 0 amide bonds. The minimum atomic E-state index is -0.974.